The van der Waals surface area contributed by atoms with E-state index in [2.05, 4.69) is 5.32 Å². The third kappa shape index (κ3) is 3.90. The van der Waals surface area contributed by atoms with Gasteiger partial charge < -0.3 is 14.5 Å². The number of non-ortho nitro benzene ring substituents is 1. The van der Waals surface area contributed by atoms with Gasteiger partial charge in [0.2, 0.25) is 0 Å². The largest absolute Gasteiger partial charge is 0.460 e. The Morgan fingerprint density at radius 3 is 2.91 bits per heavy atom. The Morgan fingerprint density at radius 2 is 2.22 bits per heavy atom. The van der Waals surface area contributed by atoms with Gasteiger partial charge in [-0.15, -0.1) is 0 Å². The third-order valence-corrected chi connectivity index (χ3v) is 4.13. The van der Waals surface area contributed by atoms with Crippen LogP contribution in [0.25, 0.3) is 11.3 Å². The molecule has 1 aromatic heterocycles. The molecule has 3 rings (SSSR count). The molecule has 0 aliphatic carbocycles. The zero-order valence-electron chi connectivity index (χ0n) is 12.5. The summed E-state index contributed by atoms with van der Waals surface area (Å²) in [4.78, 5) is 10.3. The van der Waals surface area contributed by atoms with Gasteiger partial charge in [0.05, 0.1) is 23.1 Å². The minimum absolute atomic E-state index is 0.0375. The van der Waals surface area contributed by atoms with Gasteiger partial charge in [0.1, 0.15) is 11.5 Å². The summed E-state index contributed by atoms with van der Waals surface area (Å²) in [7, 11) is 0. The number of ether oxygens (including phenoxy) is 1. The molecule has 1 saturated heterocycles. The smallest absolute Gasteiger partial charge is 0.270 e. The van der Waals surface area contributed by atoms with Crippen LogP contribution >= 0.6 is 11.6 Å². The van der Waals surface area contributed by atoms with Crippen molar-refractivity contribution in [2.24, 2.45) is 0 Å². The molecule has 0 saturated carbocycles. The molecule has 0 spiro atoms. The minimum Gasteiger partial charge on any atom is -0.460 e. The van der Waals surface area contributed by atoms with Crippen molar-refractivity contribution in [3.63, 3.8) is 0 Å². The molecule has 23 heavy (non-hydrogen) atoms. The summed E-state index contributed by atoms with van der Waals surface area (Å²) >= 11 is 6.12. The van der Waals surface area contributed by atoms with Crippen molar-refractivity contribution >= 4 is 17.3 Å². The maximum Gasteiger partial charge on any atom is 0.270 e. The maximum absolute atomic E-state index is 10.7. The molecule has 1 aromatic carbocycles. The second-order valence-corrected chi connectivity index (χ2v) is 5.89. The molecule has 1 aliphatic heterocycles. The van der Waals surface area contributed by atoms with E-state index in [4.69, 9.17) is 20.8 Å². The zero-order chi connectivity index (χ0) is 16.2. The number of nitro benzene ring substituents is 1. The first-order valence-electron chi connectivity index (χ1n) is 7.47. The zero-order valence-corrected chi connectivity index (χ0v) is 13.2. The van der Waals surface area contributed by atoms with Gasteiger partial charge in [0.15, 0.2) is 0 Å². The Hall–Kier alpha value is -1.89. The number of furan rings is 1. The van der Waals surface area contributed by atoms with Crippen LogP contribution in [0.4, 0.5) is 5.69 Å². The van der Waals surface area contributed by atoms with Crippen LogP contribution < -0.4 is 5.32 Å². The highest BCUT2D eigenvalue weighted by molar-refractivity contribution is 6.33. The lowest BCUT2D eigenvalue weighted by molar-refractivity contribution is -0.384. The molecule has 122 valence electrons. The fourth-order valence-corrected chi connectivity index (χ4v) is 2.85. The van der Waals surface area contributed by atoms with Gasteiger partial charge in [-0.25, -0.2) is 0 Å². The highest BCUT2D eigenvalue weighted by Crippen LogP contribution is 2.32. The van der Waals surface area contributed by atoms with E-state index in [0.717, 1.165) is 31.8 Å². The van der Waals surface area contributed by atoms with Crippen molar-refractivity contribution in [1.29, 1.82) is 0 Å². The Bertz CT molecular complexity index is 695. The van der Waals surface area contributed by atoms with Crippen molar-refractivity contribution in [3.8, 4) is 11.3 Å². The third-order valence-electron chi connectivity index (χ3n) is 3.82. The van der Waals surface area contributed by atoms with E-state index in [1.165, 1.54) is 12.1 Å². The van der Waals surface area contributed by atoms with Crippen LogP contribution in [0.3, 0.4) is 0 Å². The second kappa shape index (κ2) is 7.12. The Labute approximate surface area is 138 Å². The average Bonchev–Trinajstić information content (AvgIpc) is 3.02. The minimum atomic E-state index is -0.473. The molecule has 6 nitrogen and oxygen atoms in total. The van der Waals surface area contributed by atoms with Gasteiger partial charge in [-0.05, 0) is 31.0 Å². The van der Waals surface area contributed by atoms with Crippen molar-refractivity contribution in [2.75, 3.05) is 13.2 Å². The Balaban J connectivity index is 1.67. The van der Waals surface area contributed by atoms with Crippen LogP contribution in [0.1, 0.15) is 18.6 Å². The topological polar surface area (TPSA) is 77.5 Å². The molecule has 7 heteroatoms. The molecule has 1 aliphatic rings. The van der Waals surface area contributed by atoms with Gasteiger partial charge in [-0.3, -0.25) is 10.1 Å². The van der Waals surface area contributed by atoms with Crippen molar-refractivity contribution in [2.45, 2.75) is 25.4 Å². The van der Waals surface area contributed by atoms with Crippen LogP contribution in [0.2, 0.25) is 5.02 Å². The molecule has 1 N–H and O–H groups in total. The van der Waals surface area contributed by atoms with Crippen LogP contribution in [0.5, 0.6) is 0 Å². The number of rotatable bonds is 5. The predicted molar refractivity (Wildman–Crippen MR) is 86.5 cm³/mol. The van der Waals surface area contributed by atoms with Crippen LogP contribution in [-0.2, 0) is 11.3 Å². The molecule has 2 heterocycles. The van der Waals surface area contributed by atoms with E-state index in [0.29, 0.717) is 28.9 Å². The molecule has 2 aromatic rings. The van der Waals surface area contributed by atoms with E-state index in [1.807, 2.05) is 12.1 Å². The molecular weight excluding hydrogens is 320 g/mol. The number of nitrogens with one attached hydrogen (secondary N) is 1. The normalized spacial score (nSPS) is 18.0. The molecule has 1 atom stereocenters. The first-order valence-corrected chi connectivity index (χ1v) is 7.85. The Kier molecular flexibility index (Phi) is 4.95. The first-order chi connectivity index (χ1) is 11.1. The summed E-state index contributed by atoms with van der Waals surface area (Å²) in [6.45, 7) is 2.17. The van der Waals surface area contributed by atoms with Crippen molar-refractivity contribution in [3.05, 3.63) is 51.2 Å². The number of hydrogen-bond donors (Lipinski definition) is 1. The van der Waals surface area contributed by atoms with Crippen LogP contribution in [-0.4, -0.2) is 24.2 Å². The summed E-state index contributed by atoms with van der Waals surface area (Å²) in [5, 5.41) is 14.4. The van der Waals surface area contributed by atoms with Crippen LogP contribution in [0.15, 0.2) is 34.7 Å². The van der Waals surface area contributed by atoms with Gasteiger partial charge in [0.25, 0.3) is 5.69 Å². The number of nitrogens with zero attached hydrogens (tertiary/aromatic N) is 1. The van der Waals surface area contributed by atoms with Crippen molar-refractivity contribution in [1.82, 2.24) is 5.32 Å². The number of halogens is 1. The quantitative estimate of drug-likeness (QED) is 0.664. The number of benzene rings is 1. The molecule has 0 bridgehead atoms. The highest BCUT2D eigenvalue weighted by atomic mass is 35.5. The predicted octanol–water partition coefficient (Wildman–Crippen LogP) is 3.78. The molecule has 0 amide bonds. The molecular formula is C16H17ClN2O4. The maximum atomic E-state index is 10.7. The van der Waals surface area contributed by atoms with E-state index < -0.39 is 4.92 Å². The number of nitro groups is 1. The van der Waals surface area contributed by atoms with Gasteiger partial charge in [-0.1, -0.05) is 11.6 Å². The summed E-state index contributed by atoms with van der Waals surface area (Å²) in [6.07, 6.45) is 2.17. The van der Waals surface area contributed by atoms with Crippen LogP contribution in [0, 0.1) is 10.1 Å². The van der Waals surface area contributed by atoms with E-state index in [-0.39, 0.29) is 5.69 Å². The fourth-order valence-electron chi connectivity index (χ4n) is 2.58. The summed E-state index contributed by atoms with van der Waals surface area (Å²) in [5.74, 6) is 1.39. The molecule has 0 radical (unpaired) electrons. The standard InChI is InChI=1S/C16H17ClN2O4/c17-15-8-12(19(20)21)3-5-14(15)16-6-4-13(23-16)9-18-11-2-1-7-22-10-11/h3-6,8,11,18H,1-2,7,9-10H2. The van der Waals surface area contributed by atoms with E-state index in [1.54, 1.807) is 6.07 Å². The lowest BCUT2D eigenvalue weighted by atomic mass is 10.1. The Morgan fingerprint density at radius 1 is 1.35 bits per heavy atom. The lowest BCUT2D eigenvalue weighted by Crippen LogP contribution is -2.36. The monoisotopic (exact) mass is 336 g/mol. The summed E-state index contributed by atoms with van der Waals surface area (Å²) in [6, 6.07) is 8.40. The van der Waals surface area contributed by atoms with E-state index in [9.17, 15) is 10.1 Å². The average molecular weight is 337 g/mol. The van der Waals surface area contributed by atoms with Gasteiger partial charge in [-0.2, -0.15) is 0 Å². The van der Waals surface area contributed by atoms with E-state index >= 15 is 0 Å². The van der Waals surface area contributed by atoms with Crippen molar-refractivity contribution < 1.29 is 14.1 Å². The summed E-state index contributed by atoms with van der Waals surface area (Å²) in [5.41, 5.74) is 0.606. The molecule has 1 unspecified atom stereocenters. The van der Waals surface area contributed by atoms with Gasteiger partial charge >= 0.3 is 0 Å². The number of hydrogen-bond acceptors (Lipinski definition) is 5. The highest BCUT2D eigenvalue weighted by Gasteiger charge is 2.16. The second-order valence-electron chi connectivity index (χ2n) is 5.48. The fraction of sp³-hybridized carbons (Fsp3) is 0.375. The molecule has 1 fully saturated rings. The van der Waals surface area contributed by atoms with Gasteiger partial charge in [0, 0.05) is 30.3 Å². The SMILES string of the molecule is O=[N+]([O-])c1ccc(-c2ccc(CNC3CCCOC3)o2)c(Cl)c1. The lowest BCUT2D eigenvalue weighted by Gasteiger charge is -2.22. The first kappa shape index (κ1) is 16.0. The summed E-state index contributed by atoms with van der Waals surface area (Å²) < 4.78 is 11.2.